The summed E-state index contributed by atoms with van der Waals surface area (Å²) in [5, 5.41) is 7.65. The number of nitrogens with one attached hydrogen (secondary N) is 2. The molecule has 0 fully saturated rings. The Morgan fingerprint density at radius 1 is 0.929 bits per heavy atom. The van der Waals surface area contributed by atoms with E-state index in [1.807, 2.05) is 65.6 Å². The monoisotopic (exact) mass is 369 g/mol. The summed E-state index contributed by atoms with van der Waals surface area (Å²) in [5.41, 5.74) is 6.31. The molecule has 0 aliphatic carbocycles. The second-order valence-corrected chi connectivity index (χ2v) is 6.86. The van der Waals surface area contributed by atoms with E-state index in [1.54, 1.807) is 6.33 Å². The molecule has 3 heterocycles. The van der Waals surface area contributed by atoms with Crippen LogP contribution in [0.25, 0.3) is 22.5 Å². The smallest absolute Gasteiger partial charge is 0.272 e. The lowest BCUT2D eigenvalue weighted by Gasteiger charge is -2.27. The first-order valence-electron chi connectivity index (χ1n) is 9.31. The molecule has 6 nitrogen and oxygen atoms in total. The Morgan fingerprint density at radius 2 is 1.61 bits per heavy atom. The zero-order valence-electron chi connectivity index (χ0n) is 15.2. The average Bonchev–Trinajstić information content (AvgIpc) is 3.41. The summed E-state index contributed by atoms with van der Waals surface area (Å²) in [6.45, 7) is 1.18. The molecule has 28 heavy (non-hydrogen) atoms. The third kappa shape index (κ3) is 2.79. The highest BCUT2D eigenvalue weighted by Crippen LogP contribution is 2.29. The minimum absolute atomic E-state index is 0.0396. The molecule has 1 aliphatic heterocycles. The molecule has 6 heteroatoms. The summed E-state index contributed by atoms with van der Waals surface area (Å²) >= 11 is 0. The number of hydrogen-bond acceptors (Lipinski definition) is 3. The van der Waals surface area contributed by atoms with Crippen LogP contribution in [0, 0.1) is 0 Å². The molecule has 0 spiro atoms. The molecule has 4 aromatic rings. The number of H-pyrrole nitrogens is 2. The molecule has 5 rings (SSSR count). The van der Waals surface area contributed by atoms with Gasteiger partial charge in [0.15, 0.2) is 0 Å². The Hall–Kier alpha value is -3.67. The summed E-state index contributed by atoms with van der Waals surface area (Å²) in [6.07, 6.45) is 2.34. The number of nitrogens with zero attached hydrogens (tertiary/aromatic N) is 3. The van der Waals surface area contributed by atoms with Crippen molar-refractivity contribution in [1.29, 1.82) is 0 Å². The highest BCUT2D eigenvalue weighted by molar-refractivity contribution is 5.98. The maximum atomic E-state index is 13.3. The van der Waals surface area contributed by atoms with E-state index in [1.165, 1.54) is 0 Å². The van der Waals surface area contributed by atoms with Crippen LogP contribution in [0.1, 0.15) is 21.7 Å². The normalized spacial score (nSPS) is 13.4. The maximum absolute atomic E-state index is 13.3. The number of amides is 1. The van der Waals surface area contributed by atoms with E-state index in [0.717, 1.165) is 34.5 Å². The molecule has 1 aliphatic rings. The quantitative estimate of drug-likeness (QED) is 0.578. The van der Waals surface area contributed by atoms with Gasteiger partial charge in [-0.05, 0) is 0 Å². The van der Waals surface area contributed by atoms with Crippen LogP contribution in [0.2, 0.25) is 0 Å². The predicted molar refractivity (Wildman–Crippen MR) is 106 cm³/mol. The van der Waals surface area contributed by atoms with Gasteiger partial charge in [0.25, 0.3) is 5.91 Å². The SMILES string of the molecule is O=C(c1[nH]cnc1-c1ccccc1)N1CCc2[nH]nc(-c3ccccc3)c2C1. The number of aromatic amines is 2. The fourth-order valence-electron chi connectivity index (χ4n) is 3.73. The second kappa shape index (κ2) is 6.81. The molecule has 1 amide bonds. The summed E-state index contributed by atoms with van der Waals surface area (Å²) in [6, 6.07) is 19.8. The molecule has 0 bridgehead atoms. The number of aromatic nitrogens is 4. The molecule has 0 atom stereocenters. The Balaban J connectivity index is 1.46. The fourth-order valence-corrected chi connectivity index (χ4v) is 3.73. The molecule has 0 unspecified atom stereocenters. The van der Waals surface area contributed by atoms with Gasteiger partial charge in [0.1, 0.15) is 11.4 Å². The van der Waals surface area contributed by atoms with Crippen molar-refractivity contribution in [3.05, 3.63) is 83.9 Å². The van der Waals surface area contributed by atoms with E-state index in [-0.39, 0.29) is 5.91 Å². The van der Waals surface area contributed by atoms with E-state index in [0.29, 0.717) is 24.5 Å². The van der Waals surface area contributed by atoms with E-state index in [9.17, 15) is 4.79 Å². The first-order chi connectivity index (χ1) is 13.8. The molecule has 2 aromatic carbocycles. The molecule has 0 saturated carbocycles. The van der Waals surface area contributed by atoms with Crippen molar-refractivity contribution in [1.82, 2.24) is 25.1 Å². The lowest BCUT2D eigenvalue weighted by atomic mass is 10.0. The highest BCUT2D eigenvalue weighted by Gasteiger charge is 2.28. The van der Waals surface area contributed by atoms with Gasteiger partial charge in [-0.25, -0.2) is 4.98 Å². The van der Waals surface area contributed by atoms with Crippen LogP contribution in [-0.2, 0) is 13.0 Å². The van der Waals surface area contributed by atoms with Crippen LogP contribution in [0.3, 0.4) is 0 Å². The molecule has 138 valence electrons. The van der Waals surface area contributed by atoms with E-state index < -0.39 is 0 Å². The molecular formula is C22H19N5O. The van der Waals surface area contributed by atoms with Gasteiger partial charge in [0.2, 0.25) is 0 Å². The van der Waals surface area contributed by atoms with Crippen LogP contribution in [-0.4, -0.2) is 37.5 Å². The van der Waals surface area contributed by atoms with E-state index in [2.05, 4.69) is 20.2 Å². The van der Waals surface area contributed by atoms with Gasteiger partial charge >= 0.3 is 0 Å². The van der Waals surface area contributed by atoms with Gasteiger partial charge < -0.3 is 9.88 Å². The summed E-state index contributed by atoms with van der Waals surface area (Å²) in [5.74, 6) is -0.0396. The number of hydrogen-bond donors (Lipinski definition) is 2. The molecule has 0 saturated heterocycles. The van der Waals surface area contributed by atoms with Crippen LogP contribution in [0.5, 0.6) is 0 Å². The van der Waals surface area contributed by atoms with Crippen LogP contribution < -0.4 is 0 Å². The Bertz CT molecular complexity index is 1110. The van der Waals surface area contributed by atoms with Gasteiger partial charge in [-0.1, -0.05) is 60.7 Å². The third-order valence-corrected chi connectivity index (χ3v) is 5.17. The molecular weight excluding hydrogens is 350 g/mol. The largest absolute Gasteiger partial charge is 0.340 e. The average molecular weight is 369 g/mol. The minimum atomic E-state index is -0.0396. The number of carbonyl (C=O) groups excluding carboxylic acids is 1. The topological polar surface area (TPSA) is 77.7 Å². The van der Waals surface area contributed by atoms with Crippen LogP contribution in [0.15, 0.2) is 67.0 Å². The van der Waals surface area contributed by atoms with Gasteiger partial charge in [-0.2, -0.15) is 5.10 Å². The third-order valence-electron chi connectivity index (χ3n) is 5.17. The van der Waals surface area contributed by atoms with Gasteiger partial charge in [0.05, 0.1) is 18.6 Å². The molecule has 2 N–H and O–H groups in total. The number of benzene rings is 2. The van der Waals surface area contributed by atoms with Crippen LogP contribution >= 0.6 is 0 Å². The Morgan fingerprint density at radius 3 is 2.32 bits per heavy atom. The second-order valence-electron chi connectivity index (χ2n) is 6.86. The zero-order valence-corrected chi connectivity index (χ0v) is 15.2. The van der Waals surface area contributed by atoms with Crippen molar-refractivity contribution < 1.29 is 4.79 Å². The minimum Gasteiger partial charge on any atom is -0.340 e. The van der Waals surface area contributed by atoms with E-state index >= 15 is 0 Å². The number of fused-ring (bicyclic) bond motifs is 1. The van der Waals surface area contributed by atoms with Gasteiger partial charge in [-0.3, -0.25) is 9.89 Å². The maximum Gasteiger partial charge on any atom is 0.272 e. The number of imidazole rings is 1. The van der Waals surface area contributed by atoms with Gasteiger partial charge in [0, 0.05) is 35.3 Å². The first-order valence-corrected chi connectivity index (χ1v) is 9.31. The van der Waals surface area contributed by atoms with Crippen molar-refractivity contribution in [3.8, 4) is 22.5 Å². The zero-order chi connectivity index (χ0) is 18.9. The predicted octanol–water partition coefficient (Wildman–Crippen LogP) is 3.67. The summed E-state index contributed by atoms with van der Waals surface area (Å²) in [7, 11) is 0. The Kier molecular flexibility index (Phi) is 4.01. The molecule has 0 radical (unpaired) electrons. The first kappa shape index (κ1) is 16.5. The fraction of sp³-hybridized carbons (Fsp3) is 0.136. The number of rotatable bonds is 3. The van der Waals surface area contributed by atoms with Crippen molar-refractivity contribution in [2.75, 3.05) is 6.54 Å². The van der Waals surface area contributed by atoms with Crippen molar-refractivity contribution in [2.45, 2.75) is 13.0 Å². The van der Waals surface area contributed by atoms with Crippen molar-refractivity contribution >= 4 is 5.91 Å². The standard InChI is InChI=1S/C22H19N5O/c28-22(21-20(23-14-24-21)16-9-5-2-6-10-16)27-12-11-18-17(13-27)19(26-25-18)15-7-3-1-4-8-15/h1-10,14H,11-13H2,(H,23,24)(H,25,26). The molecule has 2 aromatic heterocycles. The lowest BCUT2D eigenvalue weighted by molar-refractivity contribution is 0.0730. The highest BCUT2D eigenvalue weighted by atomic mass is 16.2. The summed E-state index contributed by atoms with van der Waals surface area (Å²) < 4.78 is 0. The van der Waals surface area contributed by atoms with Crippen LogP contribution in [0.4, 0.5) is 0 Å². The van der Waals surface area contributed by atoms with E-state index in [4.69, 9.17) is 0 Å². The van der Waals surface area contributed by atoms with Crippen molar-refractivity contribution in [3.63, 3.8) is 0 Å². The summed E-state index contributed by atoms with van der Waals surface area (Å²) in [4.78, 5) is 22.5. The van der Waals surface area contributed by atoms with Gasteiger partial charge in [-0.15, -0.1) is 0 Å². The van der Waals surface area contributed by atoms with Crippen molar-refractivity contribution in [2.24, 2.45) is 0 Å². The lowest BCUT2D eigenvalue weighted by Crippen LogP contribution is -2.36. The Labute approximate surface area is 162 Å². The number of carbonyl (C=O) groups is 1.